The highest BCUT2D eigenvalue weighted by Gasteiger charge is 2.54. The van der Waals surface area contributed by atoms with Gasteiger partial charge in [-0.15, -0.1) is 0 Å². The van der Waals surface area contributed by atoms with E-state index in [-0.39, 0.29) is 47.8 Å². The van der Waals surface area contributed by atoms with Gasteiger partial charge in [0.1, 0.15) is 11.9 Å². The Balaban J connectivity index is 1.34. The highest BCUT2D eigenvalue weighted by molar-refractivity contribution is 5.75. The topological polar surface area (TPSA) is 77.5 Å². The van der Waals surface area contributed by atoms with Crippen molar-refractivity contribution >= 4 is 18.1 Å². The standard InChI is InChI=1S/C29H33FN2O4/c1-3-35-29(34)32-23-10-11-24-20(14-23)15-26-27(17(2)36-28(26)33)25(24)12-9-22-8-7-19(16-31-22)18-5-4-6-21(30)13-18/h4-9,12-13,16-17,20,23-27H,3,10-11,14-15H2,1-2H3,(H,32,34)/b12-9+/t17-,20+,23-,24-,25-,26-,27-/m1/s1. The number of halogens is 1. The lowest BCUT2D eigenvalue weighted by Gasteiger charge is -2.47. The van der Waals surface area contributed by atoms with Gasteiger partial charge in [-0.1, -0.05) is 24.3 Å². The summed E-state index contributed by atoms with van der Waals surface area (Å²) in [6, 6.07) is 10.4. The lowest BCUT2D eigenvalue weighted by molar-refractivity contribution is -0.144. The van der Waals surface area contributed by atoms with Gasteiger partial charge in [-0.3, -0.25) is 9.78 Å². The van der Waals surface area contributed by atoms with Crippen molar-refractivity contribution < 1.29 is 23.5 Å². The molecule has 0 bridgehead atoms. The van der Waals surface area contributed by atoms with Crippen LogP contribution >= 0.6 is 0 Å². The number of amides is 1. The molecule has 36 heavy (non-hydrogen) atoms. The van der Waals surface area contributed by atoms with Crippen molar-refractivity contribution in [2.45, 2.75) is 51.7 Å². The zero-order chi connectivity index (χ0) is 25.2. The summed E-state index contributed by atoms with van der Waals surface area (Å²) in [5, 5.41) is 3.00. The third-order valence-electron chi connectivity index (χ3n) is 8.18. The summed E-state index contributed by atoms with van der Waals surface area (Å²) in [6.45, 7) is 4.15. The molecule has 6 nitrogen and oxygen atoms in total. The molecule has 2 heterocycles. The number of hydrogen-bond donors (Lipinski definition) is 1. The van der Waals surface area contributed by atoms with Crippen LogP contribution in [0.5, 0.6) is 0 Å². The Hall–Kier alpha value is -3.22. The Morgan fingerprint density at radius 2 is 2.08 bits per heavy atom. The van der Waals surface area contributed by atoms with E-state index < -0.39 is 0 Å². The summed E-state index contributed by atoms with van der Waals surface area (Å²) in [6.07, 6.45) is 9.07. The SMILES string of the molecule is CCOC(=O)N[C@@H]1CC[C@@H]2[C@@H](C1)C[C@H]1C(=O)O[C@H](C)[C@@H]1[C@@H]2/C=C/c1ccc(-c2cccc(F)c2)cn1. The number of carbonyl (C=O) groups excluding carboxylic acids is 2. The van der Waals surface area contributed by atoms with Crippen LogP contribution in [0.1, 0.15) is 45.2 Å². The molecule has 1 aromatic heterocycles. The van der Waals surface area contributed by atoms with Crippen molar-refractivity contribution in [2.75, 3.05) is 6.61 Å². The Morgan fingerprint density at radius 3 is 2.83 bits per heavy atom. The Labute approximate surface area is 211 Å². The van der Waals surface area contributed by atoms with Crippen molar-refractivity contribution in [3.05, 3.63) is 60.2 Å². The average molecular weight is 493 g/mol. The molecule has 3 aliphatic rings. The number of aromatic nitrogens is 1. The average Bonchev–Trinajstić information content (AvgIpc) is 3.15. The molecular formula is C29H33FN2O4. The fraction of sp³-hybridized carbons (Fsp3) is 0.483. The van der Waals surface area contributed by atoms with Crippen LogP contribution in [0.4, 0.5) is 9.18 Å². The second-order valence-corrected chi connectivity index (χ2v) is 10.3. The number of hydrogen-bond acceptors (Lipinski definition) is 5. The van der Waals surface area contributed by atoms with E-state index in [1.54, 1.807) is 19.2 Å². The molecule has 1 amide bonds. The van der Waals surface area contributed by atoms with Crippen LogP contribution in [-0.4, -0.2) is 35.8 Å². The third kappa shape index (κ3) is 5.01. The number of cyclic esters (lactones) is 1. The van der Waals surface area contributed by atoms with E-state index in [2.05, 4.69) is 16.4 Å². The summed E-state index contributed by atoms with van der Waals surface area (Å²) in [7, 11) is 0. The molecule has 2 aliphatic carbocycles. The van der Waals surface area contributed by atoms with Gasteiger partial charge in [0.05, 0.1) is 18.2 Å². The summed E-state index contributed by atoms with van der Waals surface area (Å²) in [5.74, 6) is 0.629. The molecule has 1 saturated heterocycles. The number of ether oxygens (including phenoxy) is 2. The number of nitrogens with one attached hydrogen (secondary N) is 1. The molecule has 0 spiro atoms. The number of alkyl carbamates (subject to hydrolysis) is 1. The monoisotopic (exact) mass is 492 g/mol. The molecule has 7 heteroatoms. The smallest absolute Gasteiger partial charge is 0.407 e. The minimum atomic E-state index is -0.368. The van der Waals surface area contributed by atoms with E-state index in [0.717, 1.165) is 42.5 Å². The lowest BCUT2D eigenvalue weighted by atomic mass is 9.57. The number of carbonyl (C=O) groups is 2. The van der Waals surface area contributed by atoms with Crippen LogP contribution in [0.25, 0.3) is 17.2 Å². The van der Waals surface area contributed by atoms with Gasteiger partial charge in [-0.25, -0.2) is 9.18 Å². The van der Waals surface area contributed by atoms with Gasteiger partial charge in [0.2, 0.25) is 0 Å². The summed E-state index contributed by atoms with van der Waals surface area (Å²) in [4.78, 5) is 29.2. The number of fused-ring (bicyclic) bond motifs is 2. The predicted octanol–water partition coefficient (Wildman–Crippen LogP) is 5.63. The van der Waals surface area contributed by atoms with Crippen LogP contribution in [0.3, 0.4) is 0 Å². The highest BCUT2D eigenvalue weighted by atomic mass is 19.1. The van der Waals surface area contributed by atoms with E-state index in [9.17, 15) is 14.0 Å². The van der Waals surface area contributed by atoms with E-state index in [0.29, 0.717) is 18.4 Å². The van der Waals surface area contributed by atoms with Gasteiger partial charge in [0.25, 0.3) is 0 Å². The van der Waals surface area contributed by atoms with Crippen LogP contribution < -0.4 is 5.32 Å². The minimum Gasteiger partial charge on any atom is -0.462 e. The molecule has 3 fully saturated rings. The van der Waals surface area contributed by atoms with Gasteiger partial charge in [-0.05, 0) is 87.1 Å². The quantitative estimate of drug-likeness (QED) is 0.548. The number of benzene rings is 1. The predicted molar refractivity (Wildman–Crippen MR) is 134 cm³/mol. The van der Waals surface area contributed by atoms with Gasteiger partial charge in [0, 0.05) is 23.7 Å². The lowest BCUT2D eigenvalue weighted by Crippen LogP contribution is -2.48. The van der Waals surface area contributed by atoms with Crippen molar-refractivity contribution in [3.63, 3.8) is 0 Å². The van der Waals surface area contributed by atoms with Crippen LogP contribution in [0.15, 0.2) is 48.7 Å². The van der Waals surface area contributed by atoms with Gasteiger partial charge in [0.15, 0.2) is 0 Å². The summed E-state index contributed by atoms with van der Waals surface area (Å²) < 4.78 is 24.3. The number of rotatable bonds is 5. The molecule has 190 valence electrons. The van der Waals surface area contributed by atoms with E-state index in [1.807, 2.05) is 31.2 Å². The Bertz CT molecular complexity index is 1130. The fourth-order valence-electron chi connectivity index (χ4n) is 6.64. The Morgan fingerprint density at radius 1 is 1.22 bits per heavy atom. The van der Waals surface area contributed by atoms with E-state index in [4.69, 9.17) is 9.47 Å². The van der Waals surface area contributed by atoms with E-state index in [1.165, 1.54) is 12.1 Å². The first kappa shape index (κ1) is 24.5. The number of esters is 1. The Kier molecular flexibility index (Phi) is 7.08. The molecule has 0 unspecified atom stereocenters. The molecule has 1 aromatic carbocycles. The number of allylic oxidation sites excluding steroid dienone is 1. The molecular weight excluding hydrogens is 459 g/mol. The number of pyridine rings is 1. The molecule has 2 aromatic rings. The van der Waals surface area contributed by atoms with Gasteiger partial charge < -0.3 is 14.8 Å². The van der Waals surface area contributed by atoms with Crippen LogP contribution in [0, 0.1) is 35.4 Å². The fourth-order valence-corrected chi connectivity index (χ4v) is 6.64. The number of nitrogens with zero attached hydrogens (tertiary/aromatic N) is 1. The zero-order valence-corrected chi connectivity index (χ0v) is 20.7. The first-order chi connectivity index (χ1) is 17.4. The molecule has 1 aliphatic heterocycles. The van der Waals surface area contributed by atoms with Gasteiger partial charge in [-0.2, -0.15) is 0 Å². The van der Waals surface area contributed by atoms with Crippen molar-refractivity contribution in [2.24, 2.45) is 29.6 Å². The second kappa shape index (κ2) is 10.4. The second-order valence-electron chi connectivity index (χ2n) is 10.3. The van der Waals surface area contributed by atoms with Crippen LogP contribution in [-0.2, 0) is 14.3 Å². The summed E-state index contributed by atoms with van der Waals surface area (Å²) in [5.41, 5.74) is 2.48. The maximum Gasteiger partial charge on any atom is 0.407 e. The maximum atomic E-state index is 13.6. The van der Waals surface area contributed by atoms with E-state index >= 15 is 0 Å². The van der Waals surface area contributed by atoms with Crippen molar-refractivity contribution in [1.29, 1.82) is 0 Å². The highest BCUT2D eigenvalue weighted by Crippen LogP contribution is 2.53. The van der Waals surface area contributed by atoms with Gasteiger partial charge >= 0.3 is 12.1 Å². The minimum absolute atomic E-state index is 0.0679. The summed E-state index contributed by atoms with van der Waals surface area (Å²) >= 11 is 0. The first-order valence-electron chi connectivity index (χ1n) is 13.0. The largest absolute Gasteiger partial charge is 0.462 e. The van der Waals surface area contributed by atoms with Crippen molar-refractivity contribution in [3.8, 4) is 11.1 Å². The maximum absolute atomic E-state index is 13.6. The molecule has 2 saturated carbocycles. The molecule has 1 N–H and O–H groups in total. The molecule has 5 rings (SSSR count). The van der Waals surface area contributed by atoms with Crippen molar-refractivity contribution in [1.82, 2.24) is 10.3 Å². The zero-order valence-electron chi connectivity index (χ0n) is 20.7. The first-order valence-corrected chi connectivity index (χ1v) is 13.0. The third-order valence-corrected chi connectivity index (χ3v) is 8.18. The molecule has 7 atom stereocenters. The molecule has 0 radical (unpaired) electrons. The van der Waals surface area contributed by atoms with Crippen LogP contribution in [0.2, 0.25) is 0 Å². The normalized spacial score (nSPS) is 31.4.